The molecule has 0 aliphatic carbocycles. The summed E-state index contributed by atoms with van der Waals surface area (Å²) in [4.78, 5) is 0. The van der Waals surface area contributed by atoms with Crippen molar-refractivity contribution in [1.82, 2.24) is 0 Å². The van der Waals surface area contributed by atoms with Gasteiger partial charge in [-0.05, 0) is 59.4 Å². The number of fused-ring (bicyclic) bond motifs is 3. The number of hydrogen-bond acceptors (Lipinski definition) is 5. The van der Waals surface area contributed by atoms with E-state index in [2.05, 4.69) is 162 Å². The number of benzene rings is 6. The maximum absolute atomic E-state index is 7.92. The Kier molecular flexibility index (Phi) is 8.00. The average molecular weight is 688 g/mol. The van der Waals surface area contributed by atoms with Gasteiger partial charge in [-0.1, -0.05) is 170 Å². The number of rotatable bonds is 5. The molecule has 0 N–H and O–H groups in total. The lowest BCUT2D eigenvalue weighted by Gasteiger charge is -2.42. The van der Waals surface area contributed by atoms with Crippen LogP contribution >= 0.6 is 8.53 Å². The van der Waals surface area contributed by atoms with Crippen LogP contribution in [0.25, 0.3) is 12.2 Å². The zero-order chi connectivity index (χ0) is 34.5. The second-order valence-corrected chi connectivity index (χ2v) is 14.8. The van der Waals surface area contributed by atoms with Gasteiger partial charge in [0.1, 0.15) is 12.2 Å². The number of anilines is 2. The van der Waals surface area contributed by atoms with Crippen LogP contribution in [0.3, 0.4) is 0 Å². The smallest absolute Gasteiger partial charge is 0.297 e. The molecule has 51 heavy (non-hydrogen) atoms. The fourth-order valence-electron chi connectivity index (χ4n) is 7.88. The van der Waals surface area contributed by atoms with Gasteiger partial charge in [0.15, 0.2) is 17.0 Å². The molecular weight excluding hydrogens is 649 g/mol. The largest absolute Gasteiger partial charge is 0.341 e. The SMILES string of the molecule is CC1(C)O[C@H]2[C@H](O1)C(c1ccccc1)(c1ccccc1)OP(N1c3ccccc3C=Cc3ccccc31)OC2(c1ccccc1)c1ccccc1. The maximum atomic E-state index is 7.92. The second kappa shape index (κ2) is 12.7. The van der Waals surface area contributed by atoms with Crippen molar-refractivity contribution < 1.29 is 18.5 Å². The molecule has 6 aromatic carbocycles. The molecule has 2 fully saturated rings. The highest BCUT2D eigenvalue weighted by Gasteiger charge is 2.67. The van der Waals surface area contributed by atoms with Crippen LogP contribution in [-0.4, -0.2) is 18.0 Å². The summed E-state index contributed by atoms with van der Waals surface area (Å²) in [5.41, 5.74) is 5.60. The molecule has 0 unspecified atom stereocenters. The number of nitrogens with zero attached hydrogens (tertiary/aromatic N) is 1. The normalized spacial score (nSPS) is 21.5. The Hall–Kier alpha value is -4.87. The van der Waals surface area contributed by atoms with Crippen LogP contribution in [0.1, 0.15) is 47.2 Å². The lowest BCUT2D eigenvalue weighted by atomic mass is 9.72. The molecule has 0 saturated carbocycles. The molecule has 6 heteroatoms. The molecule has 9 rings (SSSR count). The predicted octanol–water partition coefficient (Wildman–Crippen LogP) is 11.0. The molecular formula is C45H38NO4P. The molecule has 5 nitrogen and oxygen atoms in total. The third-order valence-corrected chi connectivity index (χ3v) is 11.7. The van der Waals surface area contributed by atoms with Crippen molar-refractivity contribution in [2.75, 3.05) is 4.67 Å². The molecule has 3 aliphatic rings. The van der Waals surface area contributed by atoms with E-state index in [0.29, 0.717) is 0 Å². The minimum Gasteiger partial charge on any atom is -0.341 e. The van der Waals surface area contributed by atoms with Gasteiger partial charge in [-0.25, -0.2) is 0 Å². The summed E-state index contributed by atoms with van der Waals surface area (Å²) in [7, 11) is -2.00. The van der Waals surface area contributed by atoms with E-state index >= 15 is 0 Å². The van der Waals surface area contributed by atoms with E-state index in [4.69, 9.17) is 18.5 Å². The minimum atomic E-state index is -2.00. The molecule has 252 valence electrons. The van der Waals surface area contributed by atoms with Crippen LogP contribution < -0.4 is 4.67 Å². The van der Waals surface area contributed by atoms with Crippen molar-refractivity contribution in [2.24, 2.45) is 0 Å². The molecule has 6 aromatic rings. The van der Waals surface area contributed by atoms with Gasteiger partial charge in [0.2, 0.25) is 0 Å². The fourth-order valence-corrected chi connectivity index (χ4v) is 9.92. The Balaban J connectivity index is 1.41. The fraction of sp³-hybridized carbons (Fsp3) is 0.156. The van der Waals surface area contributed by atoms with E-state index in [1.807, 2.05) is 38.1 Å². The first-order valence-corrected chi connectivity index (χ1v) is 18.5. The Morgan fingerprint density at radius 1 is 0.431 bits per heavy atom. The summed E-state index contributed by atoms with van der Waals surface area (Å²) < 4.78 is 32.5. The van der Waals surface area contributed by atoms with Gasteiger partial charge in [-0.3, -0.25) is 13.7 Å². The molecule has 2 saturated heterocycles. The zero-order valence-electron chi connectivity index (χ0n) is 28.5. The van der Waals surface area contributed by atoms with Crippen LogP contribution in [0.5, 0.6) is 0 Å². The van der Waals surface area contributed by atoms with Gasteiger partial charge < -0.3 is 9.47 Å². The first-order chi connectivity index (χ1) is 25.0. The highest BCUT2D eigenvalue weighted by Crippen LogP contribution is 2.68. The molecule has 0 radical (unpaired) electrons. The van der Waals surface area contributed by atoms with Crippen LogP contribution in [-0.2, 0) is 29.7 Å². The van der Waals surface area contributed by atoms with E-state index in [1.54, 1.807) is 0 Å². The first kappa shape index (κ1) is 32.1. The van der Waals surface area contributed by atoms with Crippen LogP contribution in [0.2, 0.25) is 0 Å². The highest BCUT2D eigenvalue weighted by molar-refractivity contribution is 7.49. The molecule has 0 amide bonds. The van der Waals surface area contributed by atoms with Gasteiger partial charge in [-0.15, -0.1) is 0 Å². The summed E-state index contributed by atoms with van der Waals surface area (Å²) in [5.74, 6) is -0.961. The van der Waals surface area contributed by atoms with E-state index in [0.717, 1.165) is 44.8 Å². The van der Waals surface area contributed by atoms with Gasteiger partial charge in [0.25, 0.3) is 8.53 Å². The van der Waals surface area contributed by atoms with Crippen LogP contribution in [0, 0.1) is 0 Å². The van der Waals surface area contributed by atoms with Crippen molar-refractivity contribution in [1.29, 1.82) is 0 Å². The summed E-state index contributed by atoms with van der Waals surface area (Å²) in [6.07, 6.45) is 3.05. The molecule has 3 heterocycles. The Bertz CT molecular complexity index is 1940. The van der Waals surface area contributed by atoms with Crippen LogP contribution in [0.4, 0.5) is 11.4 Å². The minimum absolute atomic E-state index is 0.652. The lowest BCUT2D eigenvalue weighted by Crippen LogP contribution is -2.53. The predicted molar refractivity (Wildman–Crippen MR) is 204 cm³/mol. The summed E-state index contributed by atoms with van der Waals surface area (Å²) >= 11 is 0. The highest BCUT2D eigenvalue weighted by atomic mass is 31.2. The van der Waals surface area contributed by atoms with E-state index < -0.39 is 37.7 Å². The number of ether oxygens (including phenoxy) is 2. The lowest BCUT2D eigenvalue weighted by molar-refractivity contribution is -0.174. The van der Waals surface area contributed by atoms with Crippen molar-refractivity contribution in [3.63, 3.8) is 0 Å². The first-order valence-electron chi connectivity index (χ1n) is 17.4. The van der Waals surface area contributed by atoms with E-state index in [9.17, 15) is 0 Å². The number of para-hydroxylation sites is 2. The summed E-state index contributed by atoms with van der Waals surface area (Å²) in [6.45, 7) is 3.97. The van der Waals surface area contributed by atoms with Crippen molar-refractivity contribution in [3.8, 4) is 0 Å². The molecule has 3 aliphatic heterocycles. The Morgan fingerprint density at radius 3 is 1.10 bits per heavy atom. The third-order valence-electron chi connectivity index (χ3n) is 10.1. The topological polar surface area (TPSA) is 40.2 Å². The molecule has 0 bridgehead atoms. The van der Waals surface area contributed by atoms with Crippen molar-refractivity contribution >= 4 is 32.1 Å². The monoisotopic (exact) mass is 687 g/mol. The average Bonchev–Trinajstić information content (AvgIpc) is 3.35. The Morgan fingerprint density at radius 2 is 0.745 bits per heavy atom. The maximum Gasteiger partial charge on any atom is 0.297 e. The zero-order valence-corrected chi connectivity index (χ0v) is 29.4. The molecule has 2 atom stereocenters. The standard InChI is InChI=1S/C45H38NO4P/c1-43(2)47-41-42(48-43)45(37-25-11-5-12-26-37,38-27-13-6-14-28-38)50-51(49-44(41,35-21-7-3-8-22-35)36-23-9-4-10-24-36)46-39-29-17-15-19-33(39)31-32-34-20-16-18-30-40(34)46/h3-32,41-42H,1-2H3/t41-,42-/m0/s1. The second-order valence-electron chi connectivity index (χ2n) is 13.6. The molecule has 0 spiro atoms. The van der Waals surface area contributed by atoms with Crippen LogP contribution in [0.15, 0.2) is 170 Å². The Labute approximate surface area is 300 Å². The van der Waals surface area contributed by atoms with Crippen molar-refractivity contribution in [3.05, 3.63) is 203 Å². The van der Waals surface area contributed by atoms with Gasteiger partial charge in [0.05, 0.1) is 11.4 Å². The van der Waals surface area contributed by atoms with E-state index in [1.165, 1.54) is 0 Å². The number of hydrogen-bond donors (Lipinski definition) is 0. The third kappa shape index (κ3) is 5.28. The summed E-state index contributed by atoms with van der Waals surface area (Å²) in [5, 5.41) is 0. The quantitative estimate of drug-likeness (QED) is 0.169. The van der Waals surface area contributed by atoms with Gasteiger partial charge in [-0.2, -0.15) is 0 Å². The van der Waals surface area contributed by atoms with Crippen molar-refractivity contribution in [2.45, 2.75) is 43.0 Å². The summed E-state index contributed by atoms with van der Waals surface area (Å²) in [6, 6.07) is 58.6. The van der Waals surface area contributed by atoms with E-state index in [-0.39, 0.29) is 0 Å². The van der Waals surface area contributed by atoms with Gasteiger partial charge >= 0.3 is 0 Å². The molecule has 0 aromatic heterocycles. The van der Waals surface area contributed by atoms with Gasteiger partial charge in [0, 0.05) is 0 Å².